The molecule has 0 aliphatic carbocycles. The lowest BCUT2D eigenvalue weighted by molar-refractivity contribution is 0.0670. The monoisotopic (exact) mass is 374 g/mol. The smallest absolute Gasteiger partial charge is 0.264 e. The summed E-state index contributed by atoms with van der Waals surface area (Å²) in [7, 11) is 0. The van der Waals surface area contributed by atoms with Gasteiger partial charge >= 0.3 is 0 Å². The van der Waals surface area contributed by atoms with E-state index in [-0.39, 0.29) is 18.6 Å². The number of nitrogens with zero attached hydrogens (tertiary/aromatic N) is 3. The Bertz CT molecular complexity index is 889. The van der Waals surface area contributed by atoms with E-state index in [1.54, 1.807) is 11.2 Å². The summed E-state index contributed by atoms with van der Waals surface area (Å²) in [5.74, 6) is 1.39. The number of anilines is 1. The van der Waals surface area contributed by atoms with Crippen molar-refractivity contribution in [3.63, 3.8) is 0 Å². The molecule has 0 bridgehead atoms. The molecule has 1 amide bonds. The minimum atomic E-state index is -0.0912. The lowest BCUT2D eigenvalue weighted by Gasteiger charge is -2.25. The third-order valence-electron chi connectivity index (χ3n) is 4.16. The molecule has 3 aromatic rings. The van der Waals surface area contributed by atoms with Gasteiger partial charge in [0.2, 0.25) is 0 Å². The van der Waals surface area contributed by atoms with Gasteiger partial charge < -0.3 is 19.7 Å². The van der Waals surface area contributed by atoms with Crippen molar-refractivity contribution < 1.29 is 14.3 Å². The maximum absolute atomic E-state index is 13.0. The van der Waals surface area contributed by atoms with Crippen molar-refractivity contribution in [1.82, 2.24) is 14.9 Å². The summed E-state index contributed by atoms with van der Waals surface area (Å²) < 4.78 is 5.34. The van der Waals surface area contributed by atoms with Crippen LogP contribution in [0.5, 0.6) is 0 Å². The second kappa shape index (κ2) is 7.84. The van der Waals surface area contributed by atoms with E-state index in [2.05, 4.69) is 15.3 Å². The van der Waals surface area contributed by atoms with Crippen LogP contribution in [0.1, 0.15) is 34.8 Å². The van der Waals surface area contributed by atoms with Crippen LogP contribution in [-0.4, -0.2) is 45.1 Å². The summed E-state index contributed by atoms with van der Waals surface area (Å²) >= 11 is 1.35. The molecule has 8 heteroatoms. The summed E-state index contributed by atoms with van der Waals surface area (Å²) in [4.78, 5) is 24.7. The van der Waals surface area contributed by atoms with Gasteiger partial charge in [-0.3, -0.25) is 4.79 Å². The fourth-order valence-corrected chi connectivity index (χ4v) is 3.93. The SMILES string of the molecule is Cc1c(C(=O)N(CCO)C(C)C)sc2ncnc(NCc3ccco3)c12. The van der Waals surface area contributed by atoms with Gasteiger partial charge in [0.25, 0.3) is 5.91 Å². The highest BCUT2D eigenvalue weighted by Crippen LogP contribution is 2.34. The number of hydrogen-bond acceptors (Lipinski definition) is 7. The molecule has 3 aromatic heterocycles. The van der Waals surface area contributed by atoms with E-state index in [0.29, 0.717) is 23.8 Å². The van der Waals surface area contributed by atoms with E-state index in [0.717, 1.165) is 21.5 Å². The molecule has 0 spiro atoms. The fourth-order valence-electron chi connectivity index (χ4n) is 2.83. The van der Waals surface area contributed by atoms with Crippen LogP contribution < -0.4 is 5.32 Å². The van der Waals surface area contributed by atoms with E-state index in [4.69, 9.17) is 4.42 Å². The first-order chi connectivity index (χ1) is 12.5. The number of carbonyl (C=O) groups excluding carboxylic acids is 1. The first-order valence-corrected chi connectivity index (χ1v) is 9.26. The molecule has 0 atom stereocenters. The van der Waals surface area contributed by atoms with Gasteiger partial charge in [-0.1, -0.05) is 0 Å². The Morgan fingerprint density at radius 1 is 1.42 bits per heavy atom. The van der Waals surface area contributed by atoms with Crippen molar-refractivity contribution in [2.24, 2.45) is 0 Å². The number of carbonyl (C=O) groups is 1. The Hall–Kier alpha value is -2.45. The molecule has 138 valence electrons. The molecule has 0 aromatic carbocycles. The van der Waals surface area contributed by atoms with Crippen LogP contribution in [0, 0.1) is 6.92 Å². The molecule has 3 heterocycles. The molecule has 0 saturated carbocycles. The Labute approximate surface area is 155 Å². The number of aryl methyl sites for hydroxylation is 1. The van der Waals surface area contributed by atoms with Crippen molar-refractivity contribution in [2.75, 3.05) is 18.5 Å². The van der Waals surface area contributed by atoms with Crippen LogP contribution in [-0.2, 0) is 6.54 Å². The number of fused-ring (bicyclic) bond motifs is 1. The van der Waals surface area contributed by atoms with Crippen LogP contribution in [0.25, 0.3) is 10.2 Å². The average molecular weight is 374 g/mol. The second-order valence-corrected chi connectivity index (χ2v) is 7.21. The molecule has 7 nitrogen and oxygen atoms in total. The van der Waals surface area contributed by atoms with Crippen LogP contribution >= 0.6 is 11.3 Å². The van der Waals surface area contributed by atoms with Crippen LogP contribution in [0.3, 0.4) is 0 Å². The van der Waals surface area contributed by atoms with Gasteiger partial charge in [-0.05, 0) is 38.5 Å². The van der Waals surface area contributed by atoms with Gasteiger partial charge in [0.15, 0.2) is 0 Å². The zero-order valence-electron chi connectivity index (χ0n) is 15.0. The second-order valence-electron chi connectivity index (χ2n) is 6.21. The molecule has 0 radical (unpaired) electrons. The third kappa shape index (κ3) is 3.56. The van der Waals surface area contributed by atoms with Gasteiger partial charge in [-0.25, -0.2) is 9.97 Å². The number of aliphatic hydroxyl groups is 1. The van der Waals surface area contributed by atoms with Gasteiger partial charge in [0, 0.05) is 12.6 Å². The Kier molecular flexibility index (Phi) is 5.53. The Morgan fingerprint density at radius 2 is 2.23 bits per heavy atom. The fraction of sp³-hybridized carbons (Fsp3) is 0.389. The number of thiophene rings is 1. The molecule has 0 aliphatic rings. The summed E-state index contributed by atoms with van der Waals surface area (Å²) in [5.41, 5.74) is 0.848. The number of aliphatic hydroxyl groups excluding tert-OH is 1. The van der Waals surface area contributed by atoms with Gasteiger partial charge in [-0.2, -0.15) is 0 Å². The first kappa shape index (κ1) is 18.3. The molecule has 0 unspecified atom stereocenters. The number of rotatable bonds is 7. The van der Waals surface area contributed by atoms with Gasteiger partial charge in [0.05, 0.1) is 29.7 Å². The molecule has 26 heavy (non-hydrogen) atoms. The van der Waals surface area contributed by atoms with E-state index in [9.17, 15) is 9.90 Å². The highest BCUT2D eigenvalue weighted by molar-refractivity contribution is 7.20. The predicted molar refractivity (Wildman–Crippen MR) is 101 cm³/mol. The van der Waals surface area contributed by atoms with Crippen molar-refractivity contribution >= 4 is 33.3 Å². The molecular formula is C18H22N4O3S. The minimum Gasteiger partial charge on any atom is -0.467 e. The molecule has 0 aliphatic heterocycles. The van der Waals surface area contributed by atoms with E-state index in [1.165, 1.54) is 17.7 Å². The first-order valence-electron chi connectivity index (χ1n) is 8.45. The van der Waals surface area contributed by atoms with Crippen molar-refractivity contribution in [2.45, 2.75) is 33.4 Å². The number of hydrogen-bond donors (Lipinski definition) is 2. The van der Waals surface area contributed by atoms with Crippen LogP contribution in [0.2, 0.25) is 0 Å². The Morgan fingerprint density at radius 3 is 2.88 bits per heavy atom. The lowest BCUT2D eigenvalue weighted by atomic mass is 10.1. The highest BCUT2D eigenvalue weighted by atomic mass is 32.1. The van der Waals surface area contributed by atoms with Crippen molar-refractivity contribution in [1.29, 1.82) is 0 Å². The average Bonchev–Trinajstić information content (AvgIpc) is 3.25. The predicted octanol–water partition coefficient (Wildman–Crippen LogP) is 3.05. The normalized spacial score (nSPS) is 11.3. The molecule has 2 N–H and O–H groups in total. The lowest BCUT2D eigenvalue weighted by Crippen LogP contribution is -2.38. The Balaban J connectivity index is 1.94. The van der Waals surface area contributed by atoms with Gasteiger partial charge in [-0.15, -0.1) is 11.3 Å². The molecule has 0 saturated heterocycles. The zero-order chi connectivity index (χ0) is 18.7. The summed E-state index contributed by atoms with van der Waals surface area (Å²) in [5, 5.41) is 13.4. The molecule has 3 rings (SSSR count). The maximum atomic E-state index is 13.0. The van der Waals surface area contributed by atoms with Crippen molar-refractivity contribution in [3.8, 4) is 0 Å². The number of amides is 1. The third-order valence-corrected chi connectivity index (χ3v) is 5.34. The highest BCUT2D eigenvalue weighted by Gasteiger charge is 2.25. The number of furan rings is 1. The van der Waals surface area contributed by atoms with Crippen molar-refractivity contribution in [3.05, 3.63) is 40.9 Å². The molecular weight excluding hydrogens is 352 g/mol. The topological polar surface area (TPSA) is 91.5 Å². The van der Waals surface area contributed by atoms with Crippen LogP contribution in [0.4, 0.5) is 5.82 Å². The summed E-state index contributed by atoms with van der Waals surface area (Å²) in [6.45, 7) is 6.52. The largest absolute Gasteiger partial charge is 0.467 e. The van der Waals surface area contributed by atoms with E-state index < -0.39 is 0 Å². The number of aromatic nitrogens is 2. The van der Waals surface area contributed by atoms with E-state index >= 15 is 0 Å². The quantitative estimate of drug-likeness (QED) is 0.660. The zero-order valence-corrected chi connectivity index (χ0v) is 15.8. The minimum absolute atomic E-state index is 0.00175. The molecule has 0 fully saturated rings. The number of nitrogens with one attached hydrogen (secondary N) is 1. The van der Waals surface area contributed by atoms with Crippen LogP contribution in [0.15, 0.2) is 29.1 Å². The maximum Gasteiger partial charge on any atom is 0.264 e. The standard InChI is InChI=1S/C18H22N4O3S/c1-11(2)22(6-7-23)18(24)15-12(3)14-16(20-10-21-17(14)26-15)19-9-13-5-4-8-25-13/h4-5,8,10-11,23H,6-7,9H2,1-3H3,(H,19,20,21). The summed E-state index contributed by atoms with van der Waals surface area (Å²) in [6, 6.07) is 3.72. The summed E-state index contributed by atoms with van der Waals surface area (Å²) in [6.07, 6.45) is 3.12. The van der Waals surface area contributed by atoms with Gasteiger partial charge in [0.1, 0.15) is 22.7 Å². The van der Waals surface area contributed by atoms with E-state index in [1.807, 2.05) is 32.9 Å².